The van der Waals surface area contributed by atoms with Crippen LogP contribution < -0.4 is 0 Å². The van der Waals surface area contributed by atoms with Crippen molar-refractivity contribution in [3.63, 3.8) is 0 Å². The summed E-state index contributed by atoms with van der Waals surface area (Å²) in [5, 5.41) is 4.49. The number of halogens is 1. The Hall–Kier alpha value is -3.48. The maximum absolute atomic E-state index is 13.3. The van der Waals surface area contributed by atoms with Crippen LogP contribution in [0.2, 0.25) is 0 Å². The lowest BCUT2D eigenvalue weighted by molar-refractivity contribution is -0.137. The molecule has 0 spiro atoms. The average Bonchev–Trinajstić information content (AvgIpc) is 3.14. The first kappa shape index (κ1) is 19.3. The molecule has 0 aliphatic heterocycles. The van der Waals surface area contributed by atoms with Gasteiger partial charge in [0.25, 0.3) is 5.91 Å². The third-order valence-corrected chi connectivity index (χ3v) is 4.14. The molecular formula is C21H20FN3O3. The molecule has 0 fully saturated rings. The maximum Gasteiger partial charge on any atom is 0.342 e. The molecule has 2 aromatic carbocycles. The summed E-state index contributed by atoms with van der Waals surface area (Å²) in [5.41, 5.74) is 1.85. The number of benzene rings is 2. The van der Waals surface area contributed by atoms with Gasteiger partial charge >= 0.3 is 5.97 Å². The van der Waals surface area contributed by atoms with E-state index in [0.717, 1.165) is 5.69 Å². The fourth-order valence-corrected chi connectivity index (χ4v) is 2.70. The van der Waals surface area contributed by atoms with Gasteiger partial charge in [0, 0.05) is 25.9 Å². The predicted molar refractivity (Wildman–Crippen MR) is 103 cm³/mol. The van der Waals surface area contributed by atoms with Crippen molar-refractivity contribution >= 4 is 11.9 Å². The number of carbonyl (C=O) groups excluding carboxylic acids is 2. The second kappa shape index (κ2) is 8.04. The lowest BCUT2D eigenvalue weighted by Gasteiger charge is -2.17. The van der Waals surface area contributed by atoms with E-state index in [2.05, 4.69) is 5.10 Å². The predicted octanol–water partition coefficient (Wildman–Crippen LogP) is 3.31. The number of carbonyl (C=O) groups is 2. The van der Waals surface area contributed by atoms with Crippen molar-refractivity contribution in [2.24, 2.45) is 0 Å². The minimum absolute atomic E-state index is 0.189. The van der Waals surface area contributed by atoms with E-state index >= 15 is 0 Å². The first-order valence-electron chi connectivity index (χ1n) is 8.70. The minimum atomic E-state index is -0.941. The molecule has 7 heteroatoms. The van der Waals surface area contributed by atoms with Crippen molar-refractivity contribution in [3.8, 4) is 16.9 Å². The molecule has 1 heterocycles. The van der Waals surface area contributed by atoms with E-state index in [1.807, 2.05) is 30.3 Å². The molecule has 0 saturated heterocycles. The van der Waals surface area contributed by atoms with E-state index in [0.29, 0.717) is 11.3 Å². The topological polar surface area (TPSA) is 64.4 Å². The molecule has 0 bridgehead atoms. The van der Waals surface area contributed by atoms with Gasteiger partial charge in [0.2, 0.25) is 0 Å². The summed E-state index contributed by atoms with van der Waals surface area (Å²) >= 11 is 0. The van der Waals surface area contributed by atoms with Crippen molar-refractivity contribution in [3.05, 3.63) is 72.2 Å². The highest BCUT2D eigenvalue weighted by atomic mass is 19.1. The number of esters is 1. The molecule has 0 aliphatic rings. The highest BCUT2D eigenvalue weighted by molar-refractivity contribution is 5.97. The lowest BCUT2D eigenvalue weighted by atomic mass is 10.1. The Labute approximate surface area is 162 Å². The zero-order valence-electron chi connectivity index (χ0n) is 15.8. The Morgan fingerprint density at radius 2 is 1.71 bits per heavy atom. The van der Waals surface area contributed by atoms with Crippen LogP contribution in [0.3, 0.4) is 0 Å². The standard InChI is InChI=1S/C21H20FN3O3/c1-14(20(26)24(2)3)28-21(27)18-13-25(17-7-5-4-6-8-17)23-19(18)15-9-11-16(22)12-10-15/h4-14H,1-3H3/t14-/m1/s1. The zero-order chi connectivity index (χ0) is 20.3. The molecule has 0 N–H and O–H groups in total. The third-order valence-electron chi connectivity index (χ3n) is 4.14. The molecular weight excluding hydrogens is 361 g/mol. The number of hydrogen-bond acceptors (Lipinski definition) is 4. The van der Waals surface area contributed by atoms with Crippen molar-refractivity contribution in [1.29, 1.82) is 0 Å². The molecule has 0 unspecified atom stereocenters. The van der Waals surface area contributed by atoms with Crippen LogP contribution in [0.1, 0.15) is 17.3 Å². The molecule has 0 aliphatic carbocycles. The summed E-state index contributed by atoms with van der Waals surface area (Å²) in [5.74, 6) is -1.39. The van der Waals surface area contributed by atoms with Crippen LogP contribution in [0.25, 0.3) is 16.9 Å². The molecule has 1 atom stereocenters. The number of amides is 1. The van der Waals surface area contributed by atoms with Crippen LogP contribution in [-0.2, 0) is 9.53 Å². The van der Waals surface area contributed by atoms with Gasteiger partial charge in [0.1, 0.15) is 17.1 Å². The molecule has 144 valence electrons. The first-order chi connectivity index (χ1) is 13.4. The van der Waals surface area contributed by atoms with E-state index < -0.39 is 12.1 Å². The van der Waals surface area contributed by atoms with Gasteiger partial charge in [-0.1, -0.05) is 18.2 Å². The average molecular weight is 381 g/mol. The molecule has 3 rings (SSSR count). The van der Waals surface area contributed by atoms with Gasteiger partial charge in [-0.25, -0.2) is 13.9 Å². The van der Waals surface area contributed by atoms with Crippen molar-refractivity contribution in [2.45, 2.75) is 13.0 Å². The van der Waals surface area contributed by atoms with Gasteiger partial charge in [-0.2, -0.15) is 5.10 Å². The second-order valence-corrected chi connectivity index (χ2v) is 6.46. The molecule has 28 heavy (non-hydrogen) atoms. The third kappa shape index (κ3) is 4.09. The van der Waals surface area contributed by atoms with Crippen LogP contribution in [0.5, 0.6) is 0 Å². The number of rotatable bonds is 5. The summed E-state index contributed by atoms with van der Waals surface area (Å²) in [6.07, 6.45) is 0.604. The maximum atomic E-state index is 13.3. The Bertz CT molecular complexity index is 982. The molecule has 1 amide bonds. The molecule has 6 nitrogen and oxygen atoms in total. The fraction of sp³-hybridized carbons (Fsp3) is 0.190. The van der Waals surface area contributed by atoms with Gasteiger partial charge in [-0.3, -0.25) is 4.79 Å². The van der Waals surface area contributed by atoms with Gasteiger partial charge in [-0.15, -0.1) is 0 Å². The number of hydrogen-bond donors (Lipinski definition) is 0. The highest BCUT2D eigenvalue weighted by Gasteiger charge is 2.25. The van der Waals surface area contributed by atoms with Crippen LogP contribution in [0.4, 0.5) is 4.39 Å². The smallest absolute Gasteiger partial charge is 0.342 e. The molecule has 0 saturated carbocycles. The summed E-state index contributed by atoms with van der Waals surface area (Å²) < 4.78 is 20.2. The van der Waals surface area contributed by atoms with E-state index in [1.165, 1.54) is 36.1 Å². The molecule has 3 aromatic rings. The zero-order valence-corrected chi connectivity index (χ0v) is 15.8. The lowest BCUT2D eigenvalue weighted by Crippen LogP contribution is -2.34. The Morgan fingerprint density at radius 1 is 1.07 bits per heavy atom. The first-order valence-corrected chi connectivity index (χ1v) is 8.70. The van der Waals surface area contributed by atoms with E-state index in [1.54, 1.807) is 25.0 Å². The number of aromatic nitrogens is 2. The van der Waals surface area contributed by atoms with Crippen LogP contribution in [-0.4, -0.2) is 46.8 Å². The van der Waals surface area contributed by atoms with Crippen LogP contribution in [0, 0.1) is 5.82 Å². The summed E-state index contributed by atoms with van der Waals surface area (Å²) in [4.78, 5) is 26.1. The number of likely N-dealkylation sites (N-methyl/N-ethyl adjacent to an activating group) is 1. The van der Waals surface area contributed by atoms with Gasteiger partial charge in [-0.05, 0) is 43.3 Å². The van der Waals surface area contributed by atoms with Gasteiger partial charge in [0.15, 0.2) is 6.10 Å². The normalized spacial score (nSPS) is 11.7. The van der Waals surface area contributed by atoms with Crippen molar-refractivity contribution < 1.29 is 18.7 Å². The Morgan fingerprint density at radius 3 is 2.32 bits per heavy atom. The van der Waals surface area contributed by atoms with Crippen LogP contribution in [0.15, 0.2) is 60.8 Å². The van der Waals surface area contributed by atoms with E-state index in [-0.39, 0.29) is 17.3 Å². The minimum Gasteiger partial charge on any atom is -0.449 e. The fourth-order valence-electron chi connectivity index (χ4n) is 2.70. The van der Waals surface area contributed by atoms with E-state index in [4.69, 9.17) is 4.74 Å². The quantitative estimate of drug-likeness (QED) is 0.636. The number of ether oxygens (including phenoxy) is 1. The van der Waals surface area contributed by atoms with Gasteiger partial charge in [0.05, 0.1) is 5.69 Å². The van der Waals surface area contributed by atoms with Gasteiger partial charge < -0.3 is 9.64 Å². The summed E-state index contributed by atoms with van der Waals surface area (Å²) in [7, 11) is 3.17. The highest BCUT2D eigenvalue weighted by Crippen LogP contribution is 2.25. The number of para-hydroxylation sites is 1. The van der Waals surface area contributed by atoms with Crippen LogP contribution >= 0.6 is 0 Å². The summed E-state index contributed by atoms with van der Waals surface area (Å²) in [6.45, 7) is 1.51. The summed E-state index contributed by atoms with van der Waals surface area (Å²) in [6, 6.07) is 14.9. The SMILES string of the molecule is C[C@@H](OC(=O)c1cn(-c2ccccc2)nc1-c1ccc(F)cc1)C(=O)N(C)C. The van der Waals surface area contributed by atoms with E-state index in [9.17, 15) is 14.0 Å². The van der Waals surface area contributed by atoms with Crippen molar-refractivity contribution in [2.75, 3.05) is 14.1 Å². The second-order valence-electron chi connectivity index (χ2n) is 6.46. The largest absolute Gasteiger partial charge is 0.449 e. The number of nitrogens with zero attached hydrogens (tertiary/aromatic N) is 3. The van der Waals surface area contributed by atoms with Crippen molar-refractivity contribution in [1.82, 2.24) is 14.7 Å². The monoisotopic (exact) mass is 381 g/mol. The Balaban J connectivity index is 2.00. The Kier molecular flexibility index (Phi) is 5.54. The molecule has 0 radical (unpaired) electrons. The molecule has 1 aromatic heterocycles.